The highest BCUT2D eigenvalue weighted by Crippen LogP contribution is 2.13. The van der Waals surface area contributed by atoms with Crippen LogP contribution in [0.4, 0.5) is 0 Å². The van der Waals surface area contributed by atoms with Crippen LogP contribution in [0.2, 0.25) is 0 Å². The predicted molar refractivity (Wildman–Crippen MR) is 63.6 cm³/mol. The Morgan fingerprint density at radius 2 is 2.00 bits per heavy atom. The van der Waals surface area contributed by atoms with E-state index >= 15 is 0 Å². The van der Waals surface area contributed by atoms with Crippen molar-refractivity contribution in [1.29, 1.82) is 0 Å². The van der Waals surface area contributed by atoms with Gasteiger partial charge in [0.15, 0.2) is 0 Å². The van der Waals surface area contributed by atoms with E-state index in [1.54, 1.807) is 0 Å². The molecule has 0 aliphatic carbocycles. The van der Waals surface area contributed by atoms with Gasteiger partial charge >= 0.3 is 5.97 Å². The number of hydrogen-bond acceptors (Lipinski definition) is 2. The lowest BCUT2D eigenvalue weighted by molar-refractivity contribution is -0.134. The van der Waals surface area contributed by atoms with E-state index in [0.29, 0.717) is 0 Å². The van der Waals surface area contributed by atoms with Crippen LogP contribution < -0.4 is 0 Å². The molecular formula is C12H13BrO2. The van der Waals surface area contributed by atoms with Gasteiger partial charge < -0.3 is 4.74 Å². The molecule has 0 saturated carbocycles. The van der Waals surface area contributed by atoms with Crippen LogP contribution in [0.1, 0.15) is 12.5 Å². The Kier molecular flexibility index (Phi) is 4.56. The average Bonchev–Trinajstić information content (AvgIpc) is 2.21. The number of carbonyl (C=O) groups is 1. The molecule has 80 valence electrons. The fourth-order valence-corrected chi connectivity index (χ4v) is 1.50. The summed E-state index contributed by atoms with van der Waals surface area (Å²) in [4.78, 5) is 11.0. The third-order valence-electron chi connectivity index (χ3n) is 1.96. The van der Waals surface area contributed by atoms with Gasteiger partial charge in [-0.05, 0) is 31.0 Å². The van der Waals surface area contributed by atoms with Gasteiger partial charge in [-0.25, -0.2) is 4.79 Å². The van der Waals surface area contributed by atoms with Crippen LogP contribution in [-0.4, -0.2) is 13.1 Å². The number of allylic oxidation sites excluding steroid dienone is 1. The summed E-state index contributed by atoms with van der Waals surface area (Å²) in [6, 6.07) is 8.03. The number of ether oxygens (including phenoxy) is 1. The molecule has 0 atom stereocenters. The van der Waals surface area contributed by atoms with E-state index in [2.05, 4.69) is 20.7 Å². The van der Waals surface area contributed by atoms with Gasteiger partial charge in [0, 0.05) is 10.5 Å². The van der Waals surface area contributed by atoms with E-state index in [1.165, 1.54) is 18.7 Å². The zero-order valence-corrected chi connectivity index (χ0v) is 10.4. The van der Waals surface area contributed by atoms with Gasteiger partial charge in [0.1, 0.15) is 0 Å². The van der Waals surface area contributed by atoms with Gasteiger partial charge in [-0.3, -0.25) is 0 Å². The molecule has 0 aromatic heterocycles. The second kappa shape index (κ2) is 5.71. The minimum Gasteiger partial charge on any atom is -0.466 e. The lowest BCUT2D eigenvalue weighted by Gasteiger charge is -2.01. The standard InChI is InChI=1S/C12H13BrO2/c1-9(8-12(14)15-2)7-10-3-5-11(13)6-4-10/h3-6,8H,7H2,1-2H3/b9-8-. The molecule has 0 amide bonds. The van der Waals surface area contributed by atoms with Gasteiger partial charge in [0.25, 0.3) is 0 Å². The summed E-state index contributed by atoms with van der Waals surface area (Å²) in [5, 5.41) is 0. The summed E-state index contributed by atoms with van der Waals surface area (Å²) in [7, 11) is 1.38. The Balaban J connectivity index is 2.66. The van der Waals surface area contributed by atoms with Crippen molar-refractivity contribution in [3.8, 4) is 0 Å². The van der Waals surface area contributed by atoms with Gasteiger partial charge in [0.2, 0.25) is 0 Å². The fourth-order valence-electron chi connectivity index (χ4n) is 1.24. The van der Waals surface area contributed by atoms with E-state index in [-0.39, 0.29) is 5.97 Å². The summed E-state index contributed by atoms with van der Waals surface area (Å²) in [5.41, 5.74) is 2.17. The number of esters is 1. The zero-order valence-electron chi connectivity index (χ0n) is 8.79. The van der Waals surface area contributed by atoms with Crippen molar-refractivity contribution >= 4 is 21.9 Å². The van der Waals surface area contributed by atoms with Crippen molar-refractivity contribution in [2.75, 3.05) is 7.11 Å². The highest BCUT2D eigenvalue weighted by molar-refractivity contribution is 9.10. The molecule has 0 N–H and O–H groups in total. The monoisotopic (exact) mass is 268 g/mol. The van der Waals surface area contributed by atoms with Gasteiger partial charge in [-0.15, -0.1) is 0 Å². The van der Waals surface area contributed by atoms with Gasteiger partial charge in [-0.1, -0.05) is 33.6 Å². The van der Waals surface area contributed by atoms with Gasteiger partial charge in [-0.2, -0.15) is 0 Å². The number of benzene rings is 1. The third-order valence-corrected chi connectivity index (χ3v) is 2.49. The first kappa shape index (κ1) is 12.0. The van der Waals surface area contributed by atoms with Crippen molar-refractivity contribution < 1.29 is 9.53 Å². The van der Waals surface area contributed by atoms with E-state index in [9.17, 15) is 4.79 Å². The number of rotatable bonds is 3. The summed E-state index contributed by atoms with van der Waals surface area (Å²) in [6.45, 7) is 1.92. The molecule has 0 spiro atoms. The Labute approximate surface area is 98.1 Å². The zero-order chi connectivity index (χ0) is 11.3. The van der Waals surface area contributed by atoms with Crippen LogP contribution in [0.5, 0.6) is 0 Å². The molecule has 0 bridgehead atoms. The Hall–Kier alpha value is -1.09. The maximum atomic E-state index is 11.0. The molecule has 1 rings (SSSR count). The smallest absolute Gasteiger partial charge is 0.330 e. The van der Waals surface area contributed by atoms with Gasteiger partial charge in [0.05, 0.1) is 7.11 Å². The minimum absolute atomic E-state index is 0.301. The Bertz CT molecular complexity index is 366. The number of methoxy groups -OCH3 is 1. The second-order valence-corrected chi connectivity index (χ2v) is 4.23. The van der Waals surface area contributed by atoms with Crippen molar-refractivity contribution in [3.05, 3.63) is 46.0 Å². The van der Waals surface area contributed by atoms with Crippen LogP contribution >= 0.6 is 15.9 Å². The third kappa shape index (κ3) is 4.30. The van der Waals surface area contributed by atoms with Crippen LogP contribution in [0.3, 0.4) is 0 Å². The van der Waals surface area contributed by atoms with Crippen molar-refractivity contribution in [2.24, 2.45) is 0 Å². The SMILES string of the molecule is COC(=O)/C=C(/C)Cc1ccc(Br)cc1. The first-order valence-corrected chi connectivity index (χ1v) is 5.40. The molecule has 15 heavy (non-hydrogen) atoms. The topological polar surface area (TPSA) is 26.3 Å². The number of hydrogen-bond donors (Lipinski definition) is 0. The molecule has 0 aliphatic heterocycles. The highest BCUT2D eigenvalue weighted by Gasteiger charge is 1.98. The van der Waals surface area contributed by atoms with E-state index in [0.717, 1.165) is 16.5 Å². The van der Waals surface area contributed by atoms with Crippen LogP contribution in [-0.2, 0) is 16.0 Å². The molecular weight excluding hydrogens is 256 g/mol. The normalized spacial score (nSPS) is 11.3. The Morgan fingerprint density at radius 1 is 1.40 bits per heavy atom. The summed E-state index contributed by atoms with van der Waals surface area (Å²) < 4.78 is 5.61. The maximum absolute atomic E-state index is 11.0. The molecule has 2 nitrogen and oxygen atoms in total. The fraction of sp³-hybridized carbons (Fsp3) is 0.250. The molecule has 3 heteroatoms. The molecule has 0 radical (unpaired) electrons. The van der Waals surface area contributed by atoms with Crippen LogP contribution in [0, 0.1) is 0 Å². The van der Waals surface area contributed by atoms with Crippen LogP contribution in [0.25, 0.3) is 0 Å². The highest BCUT2D eigenvalue weighted by atomic mass is 79.9. The molecule has 0 heterocycles. The predicted octanol–water partition coefficient (Wildman–Crippen LogP) is 3.11. The second-order valence-electron chi connectivity index (χ2n) is 3.32. The largest absolute Gasteiger partial charge is 0.466 e. The maximum Gasteiger partial charge on any atom is 0.330 e. The average molecular weight is 269 g/mol. The minimum atomic E-state index is -0.301. The van der Waals surface area contributed by atoms with E-state index in [1.807, 2.05) is 31.2 Å². The molecule has 0 fully saturated rings. The quantitative estimate of drug-likeness (QED) is 0.622. The first-order valence-electron chi connectivity index (χ1n) is 4.61. The molecule has 0 unspecified atom stereocenters. The Morgan fingerprint density at radius 3 is 2.53 bits per heavy atom. The van der Waals surface area contributed by atoms with Crippen LogP contribution in [0.15, 0.2) is 40.4 Å². The van der Waals surface area contributed by atoms with Crippen molar-refractivity contribution in [2.45, 2.75) is 13.3 Å². The van der Waals surface area contributed by atoms with Crippen molar-refractivity contribution in [3.63, 3.8) is 0 Å². The van der Waals surface area contributed by atoms with E-state index < -0.39 is 0 Å². The first-order chi connectivity index (χ1) is 7.11. The molecule has 0 aliphatic rings. The lowest BCUT2D eigenvalue weighted by Crippen LogP contribution is -1.97. The summed E-state index contributed by atoms with van der Waals surface area (Å²) >= 11 is 3.37. The van der Waals surface area contributed by atoms with E-state index in [4.69, 9.17) is 0 Å². The molecule has 1 aromatic rings. The summed E-state index contributed by atoms with van der Waals surface area (Å²) in [5.74, 6) is -0.301. The van der Waals surface area contributed by atoms with Crippen molar-refractivity contribution in [1.82, 2.24) is 0 Å². The number of halogens is 1. The molecule has 1 aromatic carbocycles. The number of carbonyl (C=O) groups excluding carboxylic acids is 1. The lowest BCUT2D eigenvalue weighted by atomic mass is 10.1. The summed E-state index contributed by atoms with van der Waals surface area (Å²) in [6.07, 6.45) is 2.28. The molecule has 0 saturated heterocycles.